The molecule has 0 saturated carbocycles. The van der Waals surface area contributed by atoms with Crippen LogP contribution in [0.3, 0.4) is 0 Å². The molecule has 0 aliphatic rings. The maximum absolute atomic E-state index is 13.0. The number of ether oxygens (including phenoxy) is 4. The Balaban J connectivity index is 2.07. The van der Waals surface area contributed by atoms with Gasteiger partial charge in [-0.15, -0.1) is 0 Å². The van der Waals surface area contributed by atoms with E-state index in [4.69, 9.17) is 30.5 Å². The van der Waals surface area contributed by atoms with Crippen LogP contribution in [-0.2, 0) is 10.0 Å². The second-order valence-electron chi connectivity index (χ2n) is 6.93. The third-order valence-corrected chi connectivity index (χ3v) is 6.49. The highest BCUT2D eigenvalue weighted by Gasteiger charge is 2.21. The van der Waals surface area contributed by atoms with Crippen molar-refractivity contribution in [1.29, 1.82) is 0 Å². The molecular formula is C24H24ClNO7S. The summed E-state index contributed by atoms with van der Waals surface area (Å²) in [5.74, 6) is 1.14. The van der Waals surface area contributed by atoms with Gasteiger partial charge in [0.25, 0.3) is 10.0 Å². The normalized spacial score (nSPS) is 11.3. The molecule has 0 spiro atoms. The average Bonchev–Trinajstić information content (AvgIpc) is 2.83. The summed E-state index contributed by atoms with van der Waals surface area (Å²) < 4.78 is 49.9. The second-order valence-corrected chi connectivity index (χ2v) is 9.05. The molecule has 0 fully saturated rings. The smallest absolute Gasteiger partial charge is 0.262 e. The number of rotatable bonds is 9. The fraction of sp³-hybridized carbons (Fsp3) is 0.167. The highest BCUT2D eigenvalue weighted by molar-refractivity contribution is 7.92. The molecule has 0 atom stereocenters. The molecule has 0 saturated heterocycles. The van der Waals surface area contributed by atoms with Crippen LogP contribution in [0.1, 0.15) is 11.1 Å². The van der Waals surface area contributed by atoms with E-state index in [0.717, 1.165) is 0 Å². The van der Waals surface area contributed by atoms with Gasteiger partial charge in [-0.05, 0) is 54.1 Å². The van der Waals surface area contributed by atoms with Gasteiger partial charge in [0, 0.05) is 10.6 Å². The Bertz CT molecular complexity index is 1280. The topological polar surface area (TPSA) is 103 Å². The van der Waals surface area contributed by atoms with E-state index in [1.54, 1.807) is 30.4 Å². The van der Waals surface area contributed by atoms with E-state index in [1.807, 2.05) is 0 Å². The van der Waals surface area contributed by atoms with E-state index in [0.29, 0.717) is 33.4 Å². The lowest BCUT2D eigenvalue weighted by Crippen LogP contribution is -2.14. The van der Waals surface area contributed by atoms with Crippen molar-refractivity contribution in [1.82, 2.24) is 0 Å². The zero-order valence-corrected chi connectivity index (χ0v) is 20.5. The molecule has 180 valence electrons. The monoisotopic (exact) mass is 505 g/mol. The first-order valence-electron chi connectivity index (χ1n) is 9.90. The third-order valence-electron chi connectivity index (χ3n) is 4.88. The fourth-order valence-corrected chi connectivity index (χ4v) is 4.45. The summed E-state index contributed by atoms with van der Waals surface area (Å²) in [7, 11) is 1.87. The van der Waals surface area contributed by atoms with Crippen LogP contribution in [0.25, 0.3) is 12.2 Å². The summed E-state index contributed by atoms with van der Waals surface area (Å²) in [6.07, 6.45) is 3.40. The van der Waals surface area contributed by atoms with Gasteiger partial charge in [-0.1, -0.05) is 23.8 Å². The molecule has 3 aromatic carbocycles. The number of halogens is 1. The predicted molar refractivity (Wildman–Crippen MR) is 132 cm³/mol. The van der Waals surface area contributed by atoms with Crippen molar-refractivity contribution in [3.8, 4) is 28.7 Å². The highest BCUT2D eigenvalue weighted by atomic mass is 35.5. The van der Waals surface area contributed by atoms with Gasteiger partial charge in [-0.3, -0.25) is 4.72 Å². The highest BCUT2D eigenvalue weighted by Crippen LogP contribution is 2.41. The number of sulfonamides is 1. The number of nitrogens with one attached hydrogen (secondary N) is 1. The fourth-order valence-electron chi connectivity index (χ4n) is 3.23. The van der Waals surface area contributed by atoms with Gasteiger partial charge in [-0.2, -0.15) is 0 Å². The van der Waals surface area contributed by atoms with Crippen LogP contribution in [0.5, 0.6) is 28.7 Å². The predicted octanol–water partition coefficient (Wildman–Crippen LogP) is 5.05. The van der Waals surface area contributed by atoms with Crippen molar-refractivity contribution in [2.24, 2.45) is 0 Å². The summed E-state index contributed by atoms with van der Waals surface area (Å²) in [6, 6.07) is 12.2. The van der Waals surface area contributed by atoms with Gasteiger partial charge >= 0.3 is 0 Å². The molecule has 0 aliphatic heterocycles. The molecule has 0 unspecified atom stereocenters. The minimum absolute atomic E-state index is 0.00172. The molecule has 0 amide bonds. The number of benzene rings is 3. The van der Waals surface area contributed by atoms with Crippen molar-refractivity contribution in [2.45, 2.75) is 4.90 Å². The van der Waals surface area contributed by atoms with Crippen LogP contribution in [0.15, 0.2) is 53.4 Å². The van der Waals surface area contributed by atoms with Crippen molar-refractivity contribution in [2.75, 3.05) is 33.2 Å². The number of hydrogen-bond donors (Lipinski definition) is 2. The number of methoxy groups -OCH3 is 4. The quantitative estimate of drug-likeness (QED) is 0.392. The van der Waals surface area contributed by atoms with E-state index < -0.39 is 10.0 Å². The number of anilines is 1. The van der Waals surface area contributed by atoms with Crippen LogP contribution >= 0.6 is 11.6 Å². The molecule has 34 heavy (non-hydrogen) atoms. The van der Waals surface area contributed by atoms with Crippen molar-refractivity contribution in [3.63, 3.8) is 0 Å². The van der Waals surface area contributed by atoms with Crippen LogP contribution in [-0.4, -0.2) is 42.0 Å². The Morgan fingerprint density at radius 2 is 1.41 bits per heavy atom. The average molecular weight is 506 g/mol. The van der Waals surface area contributed by atoms with Gasteiger partial charge in [0.05, 0.1) is 33.3 Å². The molecule has 0 aromatic heterocycles. The molecule has 0 radical (unpaired) electrons. The summed E-state index contributed by atoms with van der Waals surface area (Å²) >= 11 is 5.87. The van der Waals surface area contributed by atoms with Gasteiger partial charge in [0.15, 0.2) is 23.0 Å². The Hall–Kier alpha value is -3.56. The molecule has 0 aliphatic carbocycles. The van der Waals surface area contributed by atoms with E-state index in [-0.39, 0.29) is 22.1 Å². The Morgan fingerprint density at radius 3 is 1.94 bits per heavy atom. The number of hydrogen-bond acceptors (Lipinski definition) is 7. The van der Waals surface area contributed by atoms with Gasteiger partial charge < -0.3 is 24.1 Å². The SMILES string of the molecule is COc1cc(/C=C\c2ccc(O)c(OC)c2NS(=O)(=O)c2ccc(Cl)cc2)cc(OC)c1OC. The lowest BCUT2D eigenvalue weighted by atomic mass is 10.1. The van der Waals surface area contributed by atoms with E-state index >= 15 is 0 Å². The largest absolute Gasteiger partial charge is 0.504 e. The maximum Gasteiger partial charge on any atom is 0.262 e. The first kappa shape index (κ1) is 25.1. The van der Waals surface area contributed by atoms with E-state index in [1.165, 1.54) is 58.8 Å². The molecule has 8 nitrogen and oxygen atoms in total. The molecule has 3 aromatic rings. The van der Waals surface area contributed by atoms with Gasteiger partial charge in [0.1, 0.15) is 5.69 Å². The Kier molecular flexibility index (Phi) is 7.80. The lowest BCUT2D eigenvalue weighted by molar-refractivity contribution is 0.324. The minimum Gasteiger partial charge on any atom is -0.504 e. The summed E-state index contributed by atoms with van der Waals surface area (Å²) in [5.41, 5.74) is 1.22. The van der Waals surface area contributed by atoms with Gasteiger partial charge in [0.2, 0.25) is 5.75 Å². The number of aromatic hydroxyl groups is 1. The van der Waals surface area contributed by atoms with Crippen LogP contribution in [0, 0.1) is 0 Å². The van der Waals surface area contributed by atoms with Crippen molar-refractivity contribution in [3.05, 3.63) is 64.7 Å². The first-order chi connectivity index (χ1) is 16.2. The zero-order chi connectivity index (χ0) is 24.9. The van der Waals surface area contributed by atoms with Crippen molar-refractivity contribution >= 4 is 39.5 Å². The minimum atomic E-state index is -4.01. The van der Waals surface area contributed by atoms with Crippen LogP contribution < -0.4 is 23.7 Å². The summed E-state index contributed by atoms with van der Waals surface area (Å²) in [5, 5.41) is 10.7. The Labute approximate surface area is 203 Å². The second kappa shape index (κ2) is 10.6. The first-order valence-corrected chi connectivity index (χ1v) is 11.8. The zero-order valence-electron chi connectivity index (χ0n) is 19.0. The van der Waals surface area contributed by atoms with E-state index in [2.05, 4.69) is 4.72 Å². The third kappa shape index (κ3) is 5.32. The van der Waals surface area contributed by atoms with E-state index in [9.17, 15) is 13.5 Å². The van der Waals surface area contributed by atoms with Crippen LogP contribution in [0.4, 0.5) is 5.69 Å². The number of phenolic OH excluding ortho intramolecular Hbond substituents is 1. The Morgan fingerprint density at radius 1 is 0.824 bits per heavy atom. The standard InChI is InChI=1S/C24H24ClNO7S/c1-30-20-13-15(14-21(31-2)24(20)33-4)5-6-16-7-12-19(27)23(32-3)22(16)26-34(28,29)18-10-8-17(25)9-11-18/h5-14,26-27H,1-4H3/b6-5-. The number of phenols is 1. The molecule has 3 rings (SSSR count). The summed E-state index contributed by atoms with van der Waals surface area (Å²) in [6.45, 7) is 0. The maximum atomic E-state index is 13.0. The molecule has 10 heteroatoms. The lowest BCUT2D eigenvalue weighted by Gasteiger charge is -2.16. The van der Waals surface area contributed by atoms with Gasteiger partial charge in [-0.25, -0.2) is 8.42 Å². The van der Waals surface area contributed by atoms with Crippen LogP contribution in [0.2, 0.25) is 5.02 Å². The molecule has 0 heterocycles. The summed E-state index contributed by atoms with van der Waals surface area (Å²) in [4.78, 5) is 0.00172. The molecule has 0 bridgehead atoms. The molecular weight excluding hydrogens is 482 g/mol. The van der Waals surface area contributed by atoms with Crippen molar-refractivity contribution < 1.29 is 32.5 Å². The molecule has 2 N–H and O–H groups in total.